The highest BCUT2D eigenvalue weighted by molar-refractivity contribution is 9.10. The summed E-state index contributed by atoms with van der Waals surface area (Å²) in [5.41, 5.74) is 1.31. The van der Waals surface area contributed by atoms with E-state index in [4.69, 9.17) is 9.88 Å². The van der Waals surface area contributed by atoms with Crippen molar-refractivity contribution in [2.24, 2.45) is 5.14 Å². The van der Waals surface area contributed by atoms with Crippen molar-refractivity contribution in [1.82, 2.24) is 15.0 Å². The Morgan fingerprint density at radius 1 is 1.35 bits per heavy atom. The maximum Gasteiger partial charge on any atom is 0.239 e. The molecule has 120 valence electrons. The normalized spacial score (nSPS) is 11.8. The number of fused-ring (bicyclic) bond motifs is 1. The lowest BCUT2D eigenvalue weighted by molar-refractivity contribution is 0.373. The topological polar surface area (TPSA) is 131 Å². The summed E-state index contributed by atoms with van der Waals surface area (Å²) in [6, 6.07) is 4.42. The maximum atomic E-state index is 11.4. The molecule has 0 unspecified atom stereocenters. The summed E-state index contributed by atoms with van der Waals surface area (Å²) in [6.07, 6.45) is 1.14. The molecule has 0 aliphatic heterocycles. The second kappa shape index (κ2) is 5.48. The van der Waals surface area contributed by atoms with E-state index in [1.54, 1.807) is 6.07 Å². The third-order valence-electron chi connectivity index (χ3n) is 3.16. The van der Waals surface area contributed by atoms with Gasteiger partial charge in [0.05, 0.1) is 12.6 Å². The van der Waals surface area contributed by atoms with Gasteiger partial charge < -0.3 is 14.8 Å². The van der Waals surface area contributed by atoms with Crippen LogP contribution in [0.1, 0.15) is 0 Å². The van der Waals surface area contributed by atoms with E-state index >= 15 is 0 Å². The van der Waals surface area contributed by atoms with E-state index in [0.29, 0.717) is 32.8 Å². The van der Waals surface area contributed by atoms with Gasteiger partial charge in [0.25, 0.3) is 0 Å². The monoisotopic (exact) mass is 398 g/mol. The number of aromatic nitrogens is 3. The van der Waals surface area contributed by atoms with Gasteiger partial charge in [0.2, 0.25) is 10.0 Å². The number of benzene rings is 1. The molecule has 3 rings (SSSR count). The van der Waals surface area contributed by atoms with Crippen molar-refractivity contribution in [3.63, 3.8) is 0 Å². The fraction of sp³-hybridized carbons (Fsp3) is 0.0769. The van der Waals surface area contributed by atoms with E-state index in [9.17, 15) is 13.5 Å². The molecule has 3 aromatic rings. The number of ether oxygens (including phenoxy) is 1. The van der Waals surface area contributed by atoms with Crippen LogP contribution in [0.4, 0.5) is 0 Å². The molecular formula is C13H11BrN4O4S. The average Bonchev–Trinajstić information content (AvgIpc) is 2.90. The number of halogens is 1. The number of imidazole rings is 1. The SMILES string of the molecule is COc1cc(Br)c(-c2nc3ncc(S(N)(=O)=O)cc3[nH]2)cc1O. The highest BCUT2D eigenvalue weighted by Gasteiger charge is 2.16. The molecular weight excluding hydrogens is 388 g/mol. The lowest BCUT2D eigenvalue weighted by Gasteiger charge is -2.07. The Balaban J connectivity index is 2.16. The molecule has 1 aromatic carbocycles. The lowest BCUT2D eigenvalue weighted by Crippen LogP contribution is -2.12. The number of phenols is 1. The smallest absolute Gasteiger partial charge is 0.239 e. The number of aromatic amines is 1. The number of sulfonamides is 1. The zero-order valence-corrected chi connectivity index (χ0v) is 14.1. The number of nitrogens with two attached hydrogens (primary N) is 1. The number of nitrogens with one attached hydrogen (secondary N) is 1. The van der Waals surface area contributed by atoms with Gasteiger partial charge in [-0.15, -0.1) is 0 Å². The van der Waals surface area contributed by atoms with Crippen molar-refractivity contribution in [2.75, 3.05) is 7.11 Å². The second-order valence-corrected chi connectivity index (χ2v) is 7.09. The van der Waals surface area contributed by atoms with Crippen LogP contribution in [-0.2, 0) is 10.0 Å². The fourth-order valence-electron chi connectivity index (χ4n) is 2.05. The summed E-state index contributed by atoms with van der Waals surface area (Å²) in [5, 5.41) is 15.0. The molecule has 0 spiro atoms. The van der Waals surface area contributed by atoms with Crippen molar-refractivity contribution in [3.05, 3.63) is 28.9 Å². The van der Waals surface area contributed by atoms with Crippen LogP contribution >= 0.6 is 15.9 Å². The van der Waals surface area contributed by atoms with Crippen LogP contribution in [0.15, 0.2) is 33.8 Å². The molecule has 0 aliphatic rings. The van der Waals surface area contributed by atoms with Crippen LogP contribution in [0.5, 0.6) is 11.5 Å². The van der Waals surface area contributed by atoms with Crippen LogP contribution < -0.4 is 9.88 Å². The minimum absolute atomic E-state index is 0.0515. The quantitative estimate of drug-likeness (QED) is 0.615. The highest BCUT2D eigenvalue weighted by Crippen LogP contribution is 2.37. The zero-order chi connectivity index (χ0) is 16.8. The molecule has 0 radical (unpaired) electrons. The lowest BCUT2D eigenvalue weighted by atomic mass is 10.2. The van der Waals surface area contributed by atoms with Gasteiger partial charge in [0.15, 0.2) is 17.1 Å². The molecule has 4 N–H and O–H groups in total. The van der Waals surface area contributed by atoms with E-state index in [1.807, 2.05) is 0 Å². The van der Waals surface area contributed by atoms with E-state index < -0.39 is 10.0 Å². The molecule has 10 heteroatoms. The van der Waals surface area contributed by atoms with E-state index in [-0.39, 0.29) is 10.6 Å². The largest absolute Gasteiger partial charge is 0.504 e. The number of aromatic hydroxyl groups is 1. The maximum absolute atomic E-state index is 11.4. The number of nitrogens with zero attached hydrogens (tertiary/aromatic N) is 2. The second-order valence-electron chi connectivity index (χ2n) is 4.68. The van der Waals surface area contributed by atoms with Gasteiger partial charge in [-0.3, -0.25) is 0 Å². The third kappa shape index (κ3) is 2.87. The van der Waals surface area contributed by atoms with E-state index in [0.717, 1.165) is 6.20 Å². The highest BCUT2D eigenvalue weighted by atomic mass is 79.9. The molecule has 0 saturated heterocycles. The molecule has 0 fully saturated rings. The van der Waals surface area contributed by atoms with Crippen LogP contribution in [0, 0.1) is 0 Å². The van der Waals surface area contributed by atoms with Gasteiger partial charge in [-0.05, 0) is 34.1 Å². The van der Waals surface area contributed by atoms with Gasteiger partial charge in [-0.25, -0.2) is 23.5 Å². The molecule has 0 aliphatic carbocycles. The van der Waals surface area contributed by atoms with Crippen molar-refractivity contribution >= 4 is 37.1 Å². The Hall–Kier alpha value is -2.17. The van der Waals surface area contributed by atoms with Gasteiger partial charge in [0.1, 0.15) is 10.7 Å². The fourth-order valence-corrected chi connectivity index (χ4v) is 3.04. The van der Waals surface area contributed by atoms with E-state index in [2.05, 4.69) is 30.9 Å². The number of primary sulfonamides is 1. The zero-order valence-electron chi connectivity index (χ0n) is 11.7. The third-order valence-corrected chi connectivity index (χ3v) is 4.70. The molecule has 0 amide bonds. The molecule has 0 bridgehead atoms. The van der Waals surface area contributed by atoms with Crippen molar-refractivity contribution in [2.45, 2.75) is 4.90 Å². The van der Waals surface area contributed by atoms with Crippen molar-refractivity contribution in [1.29, 1.82) is 0 Å². The average molecular weight is 399 g/mol. The minimum atomic E-state index is -3.85. The first-order valence-corrected chi connectivity index (χ1v) is 8.59. The summed E-state index contributed by atoms with van der Waals surface area (Å²) in [7, 11) is -2.40. The Morgan fingerprint density at radius 3 is 2.74 bits per heavy atom. The number of hydrogen-bond acceptors (Lipinski definition) is 6. The van der Waals surface area contributed by atoms with Gasteiger partial charge in [0, 0.05) is 16.2 Å². The summed E-state index contributed by atoms with van der Waals surface area (Å²) < 4.78 is 28.4. The summed E-state index contributed by atoms with van der Waals surface area (Å²) in [4.78, 5) is 11.1. The summed E-state index contributed by atoms with van der Waals surface area (Å²) in [5.74, 6) is 0.666. The first-order valence-electron chi connectivity index (χ1n) is 6.25. The molecule has 2 aromatic heterocycles. The number of hydrogen-bond donors (Lipinski definition) is 3. The Bertz CT molecular complexity index is 1020. The first kappa shape index (κ1) is 15.7. The van der Waals surface area contributed by atoms with Crippen LogP contribution in [0.25, 0.3) is 22.6 Å². The van der Waals surface area contributed by atoms with Crippen LogP contribution in [0.2, 0.25) is 0 Å². The van der Waals surface area contributed by atoms with Crippen molar-refractivity contribution in [3.8, 4) is 22.9 Å². The minimum Gasteiger partial charge on any atom is -0.504 e. The van der Waals surface area contributed by atoms with Crippen LogP contribution in [-0.4, -0.2) is 35.6 Å². The predicted octanol–water partition coefficient (Wildman–Crippen LogP) is 1.75. The van der Waals surface area contributed by atoms with E-state index in [1.165, 1.54) is 19.2 Å². The standard InChI is InChI=1S/C13H11BrN4O4S/c1-22-11-4-8(14)7(3-10(11)19)12-17-9-2-6(23(15,20)21)5-16-13(9)18-12/h2-5,19H,1H3,(H2,15,20,21)(H,16,17,18). The number of pyridine rings is 1. The first-order chi connectivity index (χ1) is 10.8. The molecule has 2 heterocycles. The Labute approximate surface area is 139 Å². The number of phenolic OH excluding ortho intramolecular Hbond substituents is 1. The summed E-state index contributed by atoms with van der Waals surface area (Å²) >= 11 is 3.37. The van der Waals surface area contributed by atoms with Crippen molar-refractivity contribution < 1.29 is 18.3 Å². The van der Waals surface area contributed by atoms with Gasteiger partial charge in [-0.1, -0.05) is 0 Å². The number of H-pyrrole nitrogens is 1. The van der Waals surface area contributed by atoms with Crippen LogP contribution in [0.3, 0.4) is 0 Å². The number of rotatable bonds is 3. The van der Waals surface area contributed by atoms with Gasteiger partial charge >= 0.3 is 0 Å². The van der Waals surface area contributed by atoms with Gasteiger partial charge in [-0.2, -0.15) is 0 Å². The molecule has 8 nitrogen and oxygen atoms in total. The Kier molecular flexibility index (Phi) is 3.74. The molecule has 0 atom stereocenters. The molecule has 23 heavy (non-hydrogen) atoms. The molecule has 0 saturated carbocycles. The predicted molar refractivity (Wildman–Crippen MR) is 86.6 cm³/mol. The number of methoxy groups -OCH3 is 1. The summed E-state index contributed by atoms with van der Waals surface area (Å²) in [6.45, 7) is 0. The Morgan fingerprint density at radius 2 is 2.09 bits per heavy atom.